The largest absolute Gasteiger partial charge is 0.439 e. The number of thioether (sulfide) groups is 1. The summed E-state index contributed by atoms with van der Waals surface area (Å²) < 4.78 is 5.34. The van der Waals surface area contributed by atoms with Crippen molar-refractivity contribution in [3.63, 3.8) is 0 Å². The zero-order chi connectivity index (χ0) is 14.5. The molecule has 0 fully saturated rings. The second-order valence-corrected chi connectivity index (χ2v) is 6.20. The number of nitrogens with two attached hydrogens (primary N) is 1. The van der Waals surface area contributed by atoms with E-state index in [0.29, 0.717) is 10.8 Å². The van der Waals surface area contributed by atoms with Crippen molar-refractivity contribution in [3.05, 3.63) is 35.7 Å². The van der Waals surface area contributed by atoms with Crippen LogP contribution in [0.15, 0.2) is 49.0 Å². The predicted octanol–water partition coefficient (Wildman–Crippen LogP) is 3.34. The third kappa shape index (κ3) is 3.29. The normalized spacial score (nSPS) is 11.8. The minimum Gasteiger partial charge on any atom is -0.439 e. The van der Waals surface area contributed by atoms with E-state index >= 15 is 0 Å². The zero-order valence-corrected chi connectivity index (χ0v) is 12.8. The number of nitrogens with zero attached hydrogens (tertiary/aromatic N) is 2. The van der Waals surface area contributed by atoms with Crippen LogP contribution in [0.25, 0.3) is 0 Å². The first-order chi connectivity index (χ1) is 9.65. The molecule has 7 heteroatoms. The molecule has 5 nitrogen and oxygen atoms in total. The summed E-state index contributed by atoms with van der Waals surface area (Å²) in [6, 6.07) is 5.79. The van der Waals surface area contributed by atoms with Gasteiger partial charge in [-0.3, -0.25) is 0 Å². The van der Waals surface area contributed by atoms with Gasteiger partial charge in [-0.2, -0.15) is 0 Å². The molecule has 0 amide bonds. The summed E-state index contributed by atoms with van der Waals surface area (Å²) in [6.45, 7) is 3.92. The Morgan fingerprint density at radius 1 is 1.45 bits per heavy atom. The third-order valence-corrected chi connectivity index (χ3v) is 4.31. The van der Waals surface area contributed by atoms with Gasteiger partial charge < -0.3 is 15.4 Å². The number of oxazole rings is 1. The predicted molar refractivity (Wildman–Crippen MR) is 80.7 cm³/mol. The Morgan fingerprint density at radius 2 is 2.20 bits per heavy atom. The van der Waals surface area contributed by atoms with Crippen LogP contribution in [0.2, 0.25) is 0 Å². The first-order valence-corrected chi connectivity index (χ1v) is 7.79. The molecule has 2 rings (SSSR count). The van der Waals surface area contributed by atoms with E-state index in [1.54, 1.807) is 18.0 Å². The topological polar surface area (TPSA) is 84.6 Å². The minimum atomic E-state index is 0.0901. The Morgan fingerprint density at radius 3 is 2.80 bits per heavy atom. The Kier molecular flexibility index (Phi) is 4.97. The highest BCUT2D eigenvalue weighted by molar-refractivity contribution is 8.00. The van der Waals surface area contributed by atoms with Crippen LogP contribution < -0.4 is 5.73 Å². The number of aromatic nitrogens is 1. The number of hydrogen-bond donors (Lipinski definition) is 2. The second kappa shape index (κ2) is 6.71. The molecule has 1 aromatic heterocycles. The van der Waals surface area contributed by atoms with Gasteiger partial charge in [0.1, 0.15) is 6.26 Å². The van der Waals surface area contributed by atoms with E-state index in [2.05, 4.69) is 17.1 Å². The number of oxime groups is 1. The van der Waals surface area contributed by atoms with Gasteiger partial charge in [0.2, 0.25) is 0 Å². The van der Waals surface area contributed by atoms with E-state index in [0.717, 1.165) is 21.2 Å². The molecule has 0 aliphatic rings. The fraction of sp³-hybridized carbons (Fsp3) is 0.231. The Balaban J connectivity index is 2.43. The molecule has 0 radical (unpaired) electrons. The van der Waals surface area contributed by atoms with Crippen molar-refractivity contribution < 1.29 is 9.62 Å². The van der Waals surface area contributed by atoms with Gasteiger partial charge in [0.25, 0.3) is 5.22 Å². The first-order valence-electron chi connectivity index (χ1n) is 5.99. The van der Waals surface area contributed by atoms with E-state index in [1.807, 2.05) is 25.1 Å². The maximum Gasteiger partial charge on any atom is 0.260 e. The fourth-order valence-corrected chi connectivity index (χ4v) is 3.49. The molecule has 0 aliphatic carbocycles. The van der Waals surface area contributed by atoms with Crippen molar-refractivity contribution in [2.24, 2.45) is 10.9 Å². The number of hydrogen-bond acceptors (Lipinski definition) is 6. The molecule has 0 spiro atoms. The SMILES string of the molecule is CCSc1cccc(Sc2nc(C)co2)c1/C(N)=N/O. The molecule has 1 aromatic carbocycles. The van der Waals surface area contributed by atoms with Crippen LogP contribution >= 0.6 is 23.5 Å². The molecule has 0 unspecified atom stereocenters. The van der Waals surface area contributed by atoms with Crippen molar-refractivity contribution in [1.82, 2.24) is 4.98 Å². The van der Waals surface area contributed by atoms with E-state index in [9.17, 15) is 0 Å². The summed E-state index contributed by atoms with van der Waals surface area (Å²) in [6.07, 6.45) is 1.59. The Bertz CT molecular complexity index is 626. The summed E-state index contributed by atoms with van der Waals surface area (Å²) in [5, 5.41) is 12.6. The summed E-state index contributed by atoms with van der Waals surface area (Å²) in [5.41, 5.74) is 7.33. The van der Waals surface area contributed by atoms with Crippen molar-refractivity contribution >= 4 is 29.4 Å². The van der Waals surface area contributed by atoms with Gasteiger partial charge in [-0.25, -0.2) is 4.98 Å². The van der Waals surface area contributed by atoms with E-state index in [1.165, 1.54) is 11.8 Å². The van der Waals surface area contributed by atoms with Crippen LogP contribution in [0.1, 0.15) is 18.2 Å². The molecule has 0 saturated heterocycles. The molecule has 20 heavy (non-hydrogen) atoms. The van der Waals surface area contributed by atoms with Crippen LogP contribution in [-0.4, -0.2) is 21.8 Å². The molecule has 1 heterocycles. The zero-order valence-electron chi connectivity index (χ0n) is 11.2. The lowest BCUT2D eigenvalue weighted by Crippen LogP contribution is -2.15. The highest BCUT2D eigenvalue weighted by Crippen LogP contribution is 2.34. The molecular formula is C13H15N3O2S2. The van der Waals surface area contributed by atoms with Gasteiger partial charge in [-0.1, -0.05) is 18.1 Å². The molecule has 0 saturated carbocycles. The maximum absolute atomic E-state index is 8.98. The molecule has 3 N–H and O–H groups in total. The van der Waals surface area contributed by atoms with Crippen LogP contribution in [0, 0.1) is 6.92 Å². The average Bonchev–Trinajstić information content (AvgIpc) is 2.84. The lowest BCUT2D eigenvalue weighted by Gasteiger charge is -2.11. The van der Waals surface area contributed by atoms with Gasteiger partial charge in [0.15, 0.2) is 5.84 Å². The second-order valence-electron chi connectivity index (χ2n) is 3.90. The van der Waals surface area contributed by atoms with Crippen LogP contribution in [-0.2, 0) is 0 Å². The van der Waals surface area contributed by atoms with Crippen LogP contribution in [0.3, 0.4) is 0 Å². The van der Waals surface area contributed by atoms with Crippen molar-refractivity contribution in [1.29, 1.82) is 0 Å². The molecule has 0 atom stereocenters. The lowest BCUT2D eigenvalue weighted by molar-refractivity contribution is 0.318. The average molecular weight is 309 g/mol. The summed E-state index contributed by atoms with van der Waals surface area (Å²) in [7, 11) is 0. The van der Waals surface area contributed by atoms with Gasteiger partial charge >= 0.3 is 0 Å². The monoisotopic (exact) mass is 309 g/mol. The smallest absolute Gasteiger partial charge is 0.260 e. The summed E-state index contributed by atoms with van der Waals surface area (Å²) >= 11 is 2.99. The maximum atomic E-state index is 8.98. The highest BCUT2D eigenvalue weighted by Gasteiger charge is 2.15. The number of benzene rings is 1. The number of rotatable bonds is 5. The number of amidine groups is 1. The van der Waals surface area contributed by atoms with Gasteiger partial charge in [0.05, 0.1) is 5.69 Å². The lowest BCUT2D eigenvalue weighted by atomic mass is 10.2. The number of aryl methyl sites for hydroxylation is 1. The first kappa shape index (κ1) is 14.8. The summed E-state index contributed by atoms with van der Waals surface area (Å²) in [4.78, 5) is 6.07. The van der Waals surface area contributed by atoms with Gasteiger partial charge in [0, 0.05) is 15.4 Å². The van der Waals surface area contributed by atoms with Crippen molar-refractivity contribution in [3.8, 4) is 0 Å². The third-order valence-electron chi connectivity index (χ3n) is 2.45. The molecule has 106 valence electrons. The quantitative estimate of drug-likeness (QED) is 0.290. The standard InChI is InChI=1S/C13H15N3O2S2/c1-3-19-9-5-4-6-10(11(9)12(14)16-17)20-13-15-8(2)7-18-13/h4-7,17H,3H2,1-2H3,(H2,14,16). The molecule has 0 aliphatic heterocycles. The fourth-order valence-electron chi connectivity index (χ4n) is 1.65. The molecule has 0 bridgehead atoms. The van der Waals surface area contributed by atoms with Crippen molar-refractivity contribution in [2.75, 3.05) is 5.75 Å². The Labute approximate surface area is 125 Å². The molecular weight excluding hydrogens is 294 g/mol. The minimum absolute atomic E-state index is 0.0901. The van der Waals surface area contributed by atoms with E-state index < -0.39 is 0 Å². The van der Waals surface area contributed by atoms with Crippen LogP contribution in [0.4, 0.5) is 0 Å². The van der Waals surface area contributed by atoms with Crippen molar-refractivity contribution in [2.45, 2.75) is 28.9 Å². The van der Waals surface area contributed by atoms with E-state index in [-0.39, 0.29) is 5.84 Å². The summed E-state index contributed by atoms with van der Waals surface area (Å²) in [5.74, 6) is 0.991. The van der Waals surface area contributed by atoms with Crippen LogP contribution in [0.5, 0.6) is 0 Å². The van der Waals surface area contributed by atoms with Gasteiger partial charge in [-0.05, 0) is 36.6 Å². The van der Waals surface area contributed by atoms with Gasteiger partial charge in [-0.15, -0.1) is 11.8 Å². The highest BCUT2D eigenvalue weighted by atomic mass is 32.2. The Hall–Kier alpha value is -1.60. The van der Waals surface area contributed by atoms with E-state index in [4.69, 9.17) is 15.4 Å². The molecule has 2 aromatic rings.